The van der Waals surface area contributed by atoms with E-state index in [0.29, 0.717) is 30.7 Å². The number of imidazole rings is 1. The van der Waals surface area contributed by atoms with Gasteiger partial charge in [-0.2, -0.15) is 13.2 Å². The molecule has 0 aliphatic heterocycles. The first-order chi connectivity index (χ1) is 16.9. The fourth-order valence-corrected chi connectivity index (χ4v) is 4.63. The molecular weight excluding hydrogens is 475 g/mol. The molecule has 0 radical (unpaired) electrons. The Morgan fingerprint density at radius 1 is 1.22 bits per heavy atom. The SMILES string of the molecule is Cc1ncn(CC(=O)OC(C)C)c1CC(=O)[C@H]1CCC[C@@H](N(C)C(=O)c2cccc(C(F)(F)F)c2)C1. The number of benzene rings is 1. The highest BCUT2D eigenvalue weighted by molar-refractivity contribution is 5.94. The number of ketones is 1. The number of aromatic nitrogens is 2. The van der Waals surface area contributed by atoms with Crippen LogP contribution in [0, 0.1) is 12.8 Å². The highest BCUT2D eigenvalue weighted by Crippen LogP contribution is 2.32. The van der Waals surface area contributed by atoms with E-state index in [1.54, 1.807) is 32.4 Å². The maximum Gasteiger partial charge on any atom is 0.416 e. The monoisotopic (exact) mass is 507 g/mol. The van der Waals surface area contributed by atoms with Gasteiger partial charge in [-0.1, -0.05) is 12.5 Å². The number of ether oxygens (including phenoxy) is 1. The summed E-state index contributed by atoms with van der Waals surface area (Å²) in [6, 6.07) is 4.12. The van der Waals surface area contributed by atoms with E-state index in [4.69, 9.17) is 4.74 Å². The lowest BCUT2D eigenvalue weighted by molar-refractivity contribution is -0.148. The van der Waals surface area contributed by atoms with Crippen LogP contribution in [0.4, 0.5) is 13.2 Å². The van der Waals surface area contributed by atoms with Crippen molar-refractivity contribution in [2.45, 2.75) is 77.7 Å². The zero-order valence-electron chi connectivity index (χ0n) is 21.0. The van der Waals surface area contributed by atoms with E-state index < -0.39 is 23.6 Å². The normalized spacial score (nSPS) is 18.2. The van der Waals surface area contributed by atoms with Crippen molar-refractivity contribution in [2.24, 2.45) is 5.92 Å². The smallest absolute Gasteiger partial charge is 0.416 e. The van der Waals surface area contributed by atoms with Gasteiger partial charge in [0, 0.05) is 36.7 Å². The lowest BCUT2D eigenvalue weighted by Gasteiger charge is -2.35. The van der Waals surface area contributed by atoms with Crippen LogP contribution in [0.5, 0.6) is 0 Å². The summed E-state index contributed by atoms with van der Waals surface area (Å²) in [4.78, 5) is 43.9. The minimum Gasteiger partial charge on any atom is -0.462 e. The van der Waals surface area contributed by atoms with Crippen LogP contribution >= 0.6 is 0 Å². The number of Topliss-reactive ketones (excluding diaryl/α,β-unsaturated/α-hetero) is 1. The molecule has 10 heteroatoms. The van der Waals surface area contributed by atoms with Crippen LogP contribution < -0.4 is 0 Å². The number of aryl methyl sites for hydroxylation is 1. The molecule has 2 aromatic rings. The Morgan fingerprint density at radius 2 is 1.94 bits per heavy atom. The van der Waals surface area contributed by atoms with Crippen LogP contribution in [0.15, 0.2) is 30.6 Å². The Kier molecular flexibility index (Phi) is 8.58. The van der Waals surface area contributed by atoms with Crippen LogP contribution in [0.1, 0.15) is 66.8 Å². The average Bonchev–Trinajstić information content (AvgIpc) is 3.15. The van der Waals surface area contributed by atoms with Crippen molar-refractivity contribution in [3.8, 4) is 0 Å². The number of hydrogen-bond acceptors (Lipinski definition) is 5. The highest BCUT2D eigenvalue weighted by Gasteiger charge is 2.34. The highest BCUT2D eigenvalue weighted by atomic mass is 19.4. The van der Waals surface area contributed by atoms with Gasteiger partial charge in [-0.15, -0.1) is 0 Å². The summed E-state index contributed by atoms with van der Waals surface area (Å²) >= 11 is 0. The Hall–Kier alpha value is -3.17. The maximum atomic E-state index is 13.2. The molecule has 1 fully saturated rings. The minimum atomic E-state index is -4.53. The first-order valence-electron chi connectivity index (χ1n) is 12.0. The van der Waals surface area contributed by atoms with Crippen molar-refractivity contribution in [3.05, 3.63) is 53.1 Å². The largest absolute Gasteiger partial charge is 0.462 e. The molecule has 3 rings (SSSR count). The number of amides is 1. The zero-order chi connectivity index (χ0) is 26.6. The summed E-state index contributed by atoms with van der Waals surface area (Å²) in [6.45, 7) is 5.26. The van der Waals surface area contributed by atoms with Gasteiger partial charge in [0.2, 0.25) is 0 Å². The van der Waals surface area contributed by atoms with Crippen LogP contribution in [0.2, 0.25) is 0 Å². The topological polar surface area (TPSA) is 81.5 Å². The molecular formula is C26H32F3N3O4. The van der Waals surface area contributed by atoms with Gasteiger partial charge in [-0.25, -0.2) is 4.98 Å². The molecule has 7 nitrogen and oxygen atoms in total. The van der Waals surface area contributed by atoms with Gasteiger partial charge >= 0.3 is 12.1 Å². The van der Waals surface area contributed by atoms with Crippen molar-refractivity contribution in [1.29, 1.82) is 0 Å². The number of rotatable bonds is 8. The first kappa shape index (κ1) is 27.4. The van der Waals surface area contributed by atoms with Crippen molar-refractivity contribution < 1.29 is 32.3 Å². The van der Waals surface area contributed by atoms with E-state index in [1.165, 1.54) is 23.4 Å². The molecule has 0 saturated heterocycles. The Labute approximate surface area is 208 Å². The molecule has 1 saturated carbocycles. The zero-order valence-corrected chi connectivity index (χ0v) is 21.0. The van der Waals surface area contributed by atoms with Crippen molar-refractivity contribution >= 4 is 17.7 Å². The molecule has 1 amide bonds. The van der Waals surface area contributed by atoms with Gasteiger partial charge in [0.05, 0.1) is 23.7 Å². The predicted octanol–water partition coefficient (Wildman–Crippen LogP) is 4.60. The van der Waals surface area contributed by atoms with Gasteiger partial charge in [0.15, 0.2) is 0 Å². The minimum absolute atomic E-state index is 0.0123. The maximum absolute atomic E-state index is 13.2. The van der Waals surface area contributed by atoms with Crippen molar-refractivity contribution in [3.63, 3.8) is 0 Å². The predicted molar refractivity (Wildman–Crippen MR) is 126 cm³/mol. The van der Waals surface area contributed by atoms with E-state index in [2.05, 4.69) is 4.98 Å². The molecule has 1 aromatic heterocycles. The van der Waals surface area contributed by atoms with Crippen LogP contribution in [-0.2, 0) is 33.5 Å². The Balaban J connectivity index is 1.67. The van der Waals surface area contributed by atoms with E-state index in [9.17, 15) is 27.6 Å². The molecule has 0 unspecified atom stereocenters. The molecule has 1 heterocycles. The van der Waals surface area contributed by atoms with Crippen LogP contribution in [0.25, 0.3) is 0 Å². The number of carbonyl (C=O) groups is 3. The molecule has 0 bridgehead atoms. The number of halogens is 3. The standard InChI is InChI=1S/C26H32F3N3O4/c1-16(2)36-24(34)14-32-15-30-17(3)22(32)13-23(33)18-7-6-10-21(12-18)31(4)25(35)19-8-5-9-20(11-19)26(27,28)29/h5,8-9,11,15-16,18,21H,6-7,10,12-14H2,1-4H3/t18-,21+/m0/s1. The molecule has 1 aliphatic carbocycles. The number of alkyl halides is 3. The lowest BCUT2D eigenvalue weighted by Crippen LogP contribution is -2.41. The third-order valence-electron chi connectivity index (χ3n) is 6.57. The molecule has 0 spiro atoms. The van der Waals surface area contributed by atoms with Gasteiger partial charge < -0.3 is 14.2 Å². The summed E-state index contributed by atoms with van der Waals surface area (Å²) < 4.78 is 46.0. The van der Waals surface area contributed by atoms with Crippen molar-refractivity contribution in [2.75, 3.05) is 7.05 Å². The third kappa shape index (κ3) is 6.73. The Morgan fingerprint density at radius 3 is 2.61 bits per heavy atom. The summed E-state index contributed by atoms with van der Waals surface area (Å²) in [7, 11) is 1.57. The molecule has 2 atom stereocenters. The second-order valence-electron chi connectivity index (χ2n) is 9.60. The van der Waals surface area contributed by atoms with Gasteiger partial charge in [-0.05, 0) is 58.2 Å². The Bertz CT molecular complexity index is 1110. The fraction of sp³-hybridized carbons (Fsp3) is 0.538. The summed E-state index contributed by atoms with van der Waals surface area (Å²) in [6.07, 6.45) is -0.668. The molecule has 1 aliphatic rings. The summed E-state index contributed by atoms with van der Waals surface area (Å²) in [5, 5.41) is 0. The van der Waals surface area contributed by atoms with E-state index in [0.717, 1.165) is 18.6 Å². The molecule has 0 N–H and O–H groups in total. The van der Waals surface area contributed by atoms with Crippen molar-refractivity contribution in [1.82, 2.24) is 14.5 Å². The lowest BCUT2D eigenvalue weighted by atomic mass is 9.81. The van der Waals surface area contributed by atoms with E-state index in [-0.39, 0.29) is 42.4 Å². The molecule has 196 valence electrons. The van der Waals surface area contributed by atoms with Crippen LogP contribution in [0.3, 0.4) is 0 Å². The van der Waals surface area contributed by atoms with Gasteiger partial charge in [0.1, 0.15) is 12.3 Å². The number of esters is 1. The third-order valence-corrected chi connectivity index (χ3v) is 6.57. The van der Waals surface area contributed by atoms with Gasteiger partial charge in [-0.3, -0.25) is 14.4 Å². The quantitative estimate of drug-likeness (QED) is 0.488. The first-order valence-corrected chi connectivity index (χ1v) is 12.0. The molecule has 1 aromatic carbocycles. The number of hydrogen-bond donors (Lipinski definition) is 0. The number of nitrogens with zero attached hydrogens (tertiary/aromatic N) is 3. The summed E-state index contributed by atoms with van der Waals surface area (Å²) in [5.41, 5.74) is 0.400. The van der Waals surface area contributed by atoms with E-state index >= 15 is 0 Å². The second-order valence-corrected chi connectivity index (χ2v) is 9.60. The summed E-state index contributed by atoms with van der Waals surface area (Å²) in [5.74, 6) is -1.23. The fourth-order valence-electron chi connectivity index (χ4n) is 4.63. The average molecular weight is 508 g/mol. The number of carbonyl (C=O) groups excluding carboxylic acids is 3. The second kappa shape index (κ2) is 11.3. The van der Waals surface area contributed by atoms with E-state index in [1.807, 2.05) is 0 Å². The van der Waals surface area contributed by atoms with Gasteiger partial charge in [0.25, 0.3) is 5.91 Å². The molecule has 36 heavy (non-hydrogen) atoms. The van der Waals surface area contributed by atoms with Crippen LogP contribution in [-0.4, -0.2) is 51.3 Å².